The first-order chi connectivity index (χ1) is 11.6. The van der Waals surface area contributed by atoms with Crippen LogP contribution in [-0.4, -0.2) is 20.7 Å². The number of rotatable bonds is 5. The van der Waals surface area contributed by atoms with Gasteiger partial charge in [0.1, 0.15) is 11.6 Å². The minimum atomic E-state index is -0.253. The van der Waals surface area contributed by atoms with Crippen LogP contribution in [0, 0.1) is 5.82 Å². The molecule has 3 rings (SSSR count). The summed E-state index contributed by atoms with van der Waals surface area (Å²) in [5, 5.41) is 6.80. The Hall–Kier alpha value is -3.02. The normalized spacial score (nSPS) is 10.6. The van der Waals surface area contributed by atoms with Crippen molar-refractivity contribution in [2.45, 2.75) is 19.9 Å². The highest BCUT2D eigenvalue weighted by Crippen LogP contribution is 2.13. The maximum atomic E-state index is 13.2. The molecule has 24 heavy (non-hydrogen) atoms. The molecule has 0 unspecified atom stereocenters. The fraction of sp³-hybridized carbons (Fsp3) is 0.167. The number of hydrogen-bond donors (Lipinski definition) is 1. The SMILES string of the molecule is CCn1cc(C(=O)Nc2ccc(Cc3cccc(F)c3)cn2)cn1. The highest BCUT2D eigenvalue weighted by molar-refractivity contribution is 6.03. The molecule has 0 aliphatic rings. The molecular formula is C18H17FN4O. The predicted molar refractivity (Wildman–Crippen MR) is 89.3 cm³/mol. The number of nitrogens with one attached hydrogen (secondary N) is 1. The summed E-state index contributed by atoms with van der Waals surface area (Å²) in [6.45, 7) is 2.66. The molecule has 0 saturated carbocycles. The Morgan fingerprint density at radius 1 is 1.21 bits per heavy atom. The maximum absolute atomic E-state index is 13.2. The zero-order chi connectivity index (χ0) is 16.9. The predicted octanol–water partition coefficient (Wildman–Crippen LogP) is 3.28. The highest BCUT2D eigenvalue weighted by atomic mass is 19.1. The number of aromatic nitrogens is 3. The molecule has 0 saturated heterocycles. The monoisotopic (exact) mass is 324 g/mol. The van der Waals surface area contributed by atoms with E-state index >= 15 is 0 Å². The lowest BCUT2D eigenvalue weighted by atomic mass is 10.1. The molecule has 3 aromatic rings. The van der Waals surface area contributed by atoms with Crippen LogP contribution in [0.4, 0.5) is 10.2 Å². The van der Waals surface area contributed by atoms with E-state index in [4.69, 9.17) is 0 Å². The van der Waals surface area contributed by atoms with Gasteiger partial charge >= 0.3 is 0 Å². The van der Waals surface area contributed by atoms with Crippen molar-refractivity contribution in [3.05, 3.63) is 77.5 Å². The summed E-state index contributed by atoms with van der Waals surface area (Å²) in [6, 6.07) is 10.1. The number of hydrogen-bond acceptors (Lipinski definition) is 3. The summed E-state index contributed by atoms with van der Waals surface area (Å²) >= 11 is 0. The van der Waals surface area contributed by atoms with Gasteiger partial charge in [0.25, 0.3) is 5.91 Å². The van der Waals surface area contributed by atoms with Gasteiger partial charge in [-0.25, -0.2) is 9.37 Å². The average molecular weight is 324 g/mol. The summed E-state index contributed by atoms with van der Waals surface area (Å²) in [5.74, 6) is -0.0377. The topological polar surface area (TPSA) is 59.8 Å². The van der Waals surface area contributed by atoms with Gasteiger partial charge in [-0.2, -0.15) is 5.10 Å². The van der Waals surface area contributed by atoms with Crippen LogP contribution in [0.1, 0.15) is 28.4 Å². The number of carbonyl (C=O) groups excluding carboxylic acids is 1. The number of carbonyl (C=O) groups is 1. The molecule has 6 heteroatoms. The Labute approximate surface area is 139 Å². The molecule has 1 N–H and O–H groups in total. The van der Waals surface area contributed by atoms with E-state index in [0.717, 1.165) is 11.1 Å². The van der Waals surface area contributed by atoms with Crippen LogP contribution < -0.4 is 5.32 Å². The van der Waals surface area contributed by atoms with Crippen LogP contribution in [0.2, 0.25) is 0 Å². The van der Waals surface area contributed by atoms with Crippen LogP contribution in [0.3, 0.4) is 0 Å². The summed E-state index contributed by atoms with van der Waals surface area (Å²) in [4.78, 5) is 16.3. The van der Waals surface area contributed by atoms with E-state index in [2.05, 4.69) is 15.4 Å². The Kier molecular flexibility index (Phi) is 4.65. The fourth-order valence-electron chi connectivity index (χ4n) is 2.33. The van der Waals surface area contributed by atoms with Gasteiger partial charge in [0.05, 0.1) is 11.8 Å². The lowest BCUT2D eigenvalue weighted by molar-refractivity contribution is 0.102. The van der Waals surface area contributed by atoms with Crippen LogP contribution in [-0.2, 0) is 13.0 Å². The van der Waals surface area contributed by atoms with E-state index in [1.54, 1.807) is 29.2 Å². The molecule has 122 valence electrons. The molecular weight excluding hydrogens is 307 g/mol. The van der Waals surface area contributed by atoms with Gasteiger partial charge in [0.2, 0.25) is 0 Å². The molecule has 0 aliphatic heterocycles. The Morgan fingerprint density at radius 2 is 2.08 bits per heavy atom. The second kappa shape index (κ2) is 7.04. The number of nitrogens with zero attached hydrogens (tertiary/aromatic N) is 3. The summed E-state index contributed by atoms with van der Waals surface area (Å²) in [7, 11) is 0. The maximum Gasteiger partial charge on any atom is 0.260 e. The van der Waals surface area contributed by atoms with Crippen molar-refractivity contribution < 1.29 is 9.18 Å². The molecule has 0 atom stereocenters. The van der Waals surface area contributed by atoms with E-state index < -0.39 is 0 Å². The average Bonchev–Trinajstić information content (AvgIpc) is 3.06. The molecule has 0 aliphatic carbocycles. The van der Waals surface area contributed by atoms with Gasteiger partial charge in [0.15, 0.2) is 0 Å². The smallest absolute Gasteiger partial charge is 0.260 e. The van der Waals surface area contributed by atoms with Gasteiger partial charge < -0.3 is 5.32 Å². The summed E-state index contributed by atoms with van der Waals surface area (Å²) in [6.07, 6.45) is 5.48. The van der Waals surface area contributed by atoms with Crippen LogP contribution in [0.5, 0.6) is 0 Å². The largest absolute Gasteiger partial charge is 0.306 e. The van der Waals surface area contributed by atoms with E-state index in [0.29, 0.717) is 24.3 Å². The number of anilines is 1. The minimum Gasteiger partial charge on any atom is -0.306 e. The lowest BCUT2D eigenvalue weighted by Crippen LogP contribution is -2.12. The first-order valence-corrected chi connectivity index (χ1v) is 7.67. The number of aryl methyl sites for hydroxylation is 1. The summed E-state index contributed by atoms with van der Waals surface area (Å²) < 4.78 is 14.9. The molecule has 2 aromatic heterocycles. The zero-order valence-electron chi connectivity index (χ0n) is 13.2. The number of halogens is 1. The standard InChI is InChI=1S/C18H17FN4O/c1-2-23-12-15(11-21-23)18(24)22-17-7-6-14(10-20-17)8-13-4-3-5-16(19)9-13/h3-7,9-12H,2,8H2,1H3,(H,20,22,24). The van der Waals surface area contributed by atoms with Gasteiger partial charge in [0, 0.05) is 18.9 Å². The molecule has 5 nitrogen and oxygen atoms in total. The fourth-order valence-corrected chi connectivity index (χ4v) is 2.33. The quantitative estimate of drug-likeness (QED) is 0.783. The first kappa shape index (κ1) is 15.9. The van der Waals surface area contributed by atoms with Crippen LogP contribution in [0.15, 0.2) is 55.0 Å². The van der Waals surface area contributed by atoms with Crippen molar-refractivity contribution in [1.82, 2.24) is 14.8 Å². The van der Waals surface area contributed by atoms with Gasteiger partial charge in [-0.3, -0.25) is 9.48 Å². The molecule has 0 radical (unpaired) electrons. The van der Waals surface area contributed by atoms with E-state index in [1.165, 1.54) is 18.3 Å². The van der Waals surface area contributed by atoms with Crippen molar-refractivity contribution >= 4 is 11.7 Å². The van der Waals surface area contributed by atoms with E-state index in [-0.39, 0.29) is 11.7 Å². The second-order valence-corrected chi connectivity index (χ2v) is 5.40. The summed E-state index contributed by atoms with van der Waals surface area (Å²) in [5.41, 5.74) is 2.31. The van der Waals surface area contributed by atoms with Crippen molar-refractivity contribution in [3.63, 3.8) is 0 Å². The van der Waals surface area contributed by atoms with Crippen LogP contribution in [0.25, 0.3) is 0 Å². The van der Waals surface area contributed by atoms with Crippen molar-refractivity contribution in [2.24, 2.45) is 0 Å². The second-order valence-electron chi connectivity index (χ2n) is 5.40. The third kappa shape index (κ3) is 3.84. The van der Waals surface area contributed by atoms with Crippen molar-refractivity contribution in [1.29, 1.82) is 0 Å². The van der Waals surface area contributed by atoms with Gasteiger partial charge in [-0.1, -0.05) is 18.2 Å². The number of benzene rings is 1. The molecule has 1 aromatic carbocycles. The van der Waals surface area contributed by atoms with Crippen LogP contribution >= 0.6 is 0 Å². The third-order valence-electron chi connectivity index (χ3n) is 3.58. The Morgan fingerprint density at radius 3 is 2.75 bits per heavy atom. The van der Waals surface area contributed by atoms with E-state index in [9.17, 15) is 9.18 Å². The molecule has 2 heterocycles. The minimum absolute atomic E-state index is 0.250. The van der Waals surface area contributed by atoms with Gasteiger partial charge in [-0.05, 0) is 42.7 Å². The first-order valence-electron chi connectivity index (χ1n) is 7.67. The Balaban J connectivity index is 1.65. The van der Waals surface area contributed by atoms with E-state index in [1.807, 2.05) is 19.1 Å². The zero-order valence-corrected chi connectivity index (χ0v) is 13.2. The molecule has 1 amide bonds. The number of amides is 1. The molecule has 0 spiro atoms. The van der Waals surface area contributed by atoms with Crippen molar-refractivity contribution in [3.8, 4) is 0 Å². The van der Waals surface area contributed by atoms with Gasteiger partial charge in [-0.15, -0.1) is 0 Å². The molecule has 0 fully saturated rings. The van der Waals surface area contributed by atoms with Crippen molar-refractivity contribution in [2.75, 3.05) is 5.32 Å². The highest BCUT2D eigenvalue weighted by Gasteiger charge is 2.09. The molecule has 0 bridgehead atoms. The Bertz CT molecular complexity index is 842. The number of pyridine rings is 1. The third-order valence-corrected chi connectivity index (χ3v) is 3.58. The lowest BCUT2D eigenvalue weighted by Gasteiger charge is -2.05.